The molecule has 2 heterocycles. The molecule has 2 amide bonds. The number of nitrogens with zero attached hydrogens (tertiary/aromatic N) is 2. The minimum Gasteiger partial charge on any atom is -0.334 e. The van der Waals surface area contributed by atoms with Crippen molar-refractivity contribution in [2.45, 2.75) is 39.5 Å². The lowest BCUT2D eigenvalue weighted by molar-refractivity contribution is -0.131. The number of carbonyl (C=O) groups is 2. The number of fused-ring (bicyclic) bond motifs is 2. The third-order valence-corrected chi connectivity index (χ3v) is 4.57. The number of benzene rings is 1. The van der Waals surface area contributed by atoms with Gasteiger partial charge in [0.1, 0.15) is 0 Å². The number of halogens is 1. The van der Waals surface area contributed by atoms with Crippen LogP contribution in [-0.4, -0.2) is 26.9 Å². The Labute approximate surface area is 126 Å². The molecule has 106 valence electrons. The van der Waals surface area contributed by atoms with E-state index in [-0.39, 0.29) is 11.8 Å². The molecule has 1 aromatic carbocycles. The average Bonchev–Trinajstić information content (AvgIpc) is 3.05. The van der Waals surface area contributed by atoms with Gasteiger partial charge in [0.15, 0.2) is 0 Å². The molecule has 0 radical (unpaired) electrons. The summed E-state index contributed by atoms with van der Waals surface area (Å²) in [5.74, 6) is 0.335. The first-order valence-corrected chi connectivity index (χ1v) is 7.99. The van der Waals surface area contributed by atoms with E-state index in [1.54, 1.807) is 0 Å². The Hall–Kier alpha value is -1.36. The van der Waals surface area contributed by atoms with E-state index >= 15 is 0 Å². The summed E-state index contributed by atoms with van der Waals surface area (Å²) in [5.41, 5.74) is 4.92. The standard InChI is InChI=1S/C15H17BrN2O2/c1-2-14(19)17-6-10-3-12-8-18(15(20)5-16)9-13(12)4-11(10)7-17/h3-4H,2,5-9H2,1H3. The van der Waals surface area contributed by atoms with Gasteiger partial charge in [-0.15, -0.1) is 0 Å². The van der Waals surface area contributed by atoms with Gasteiger partial charge in [0.25, 0.3) is 0 Å². The Kier molecular flexibility index (Phi) is 3.54. The Morgan fingerprint density at radius 1 is 0.950 bits per heavy atom. The van der Waals surface area contributed by atoms with E-state index in [4.69, 9.17) is 0 Å². The highest BCUT2D eigenvalue weighted by Crippen LogP contribution is 2.31. The van der Waals surface area contributed by atoms with Crippen molar-refractivity contribution in [1.29, 1.82) is 0 Å². The molecule has 0 aliphatic carbocycles. The Balaban J connectivity index is 1.81. The van der Waals surface area contributed by atoms with Gasteiger partial charge in [-0.25, -0.2) is 0 Å². The minimum atomic E-state index is 0.129. The smallest absolute Gasteiger partial charge is 0.233 e. The van der Waals surface area contributed by atoms with Gasteiger partial charge < -0.3 is 9.80 Å². The molecule has 3 rings (SSSR count). The highest BCUT2D eigenvalue weighted by molar-refractivity contribution is 9.09. The fourth-order valence-corrected chi connectivity index (χ4v) is 3.33. The fraction of sp³-hybridized carbons (Fsp3) is 0.467. The normalized spacial score (nSPS) is 16.3. The van der Waals surface area contributed by atoms with Crippen LogP contribution in [0.25, 0.3) is 0 Å². The number of rotatable bonds is 2. The van der Waals surface area contributed by atoms with E-state index in [2.05, 4.69) is 28.1 Å². The lowest BCUT2D eigenvalue weighted by Crippen LogP contribution is -2.26. The summed E-state index contributed by atoms with van der Waals surface area (Å²) < 4.78 is 0. The van der Waals surface area contributed by atoms with Crippen molar-refractivity contribution in [2.24, 2.45) is 0 Å². The van der Waals surface area contributed by atoms with Gasteiger partial charge in [-0.2, -0.15) is 0 Å². The van der Waals surface area contributed by atoms with E-state index in [1.165, 1.54) is 22.3 Å². The van der Waals surface area contributed by atoms with Crippen molar-refractivity contribution in [3.05, 3.63) is 34.4 Å². The number of amides is 2. The molecule has 4 nitrogen and oxygen atoms in total. The van der Waals surface area contributed by atoms with Crippen LogP contribution in [0, 0.1) is 0 Å². The molecular weight excluding hydrogens is 320 g/mol. The highest BCUT2D eigenvalue weighted by atomic mass is 79.9. The molecule has 0 unspecified atom stereocenters. The van der Waals surface area contributed by atoms with Gasteiger partial charge in [0, 0.05) is 32.6 Å². The number of hydrogen-bond acceptors (Lipinski definition) is 2. The molecule has 0 N–H and O–H groups in total. The topological polar surface area (TPSA) is 40.6 Å². The lowest BCUT2D eigenvalue weighted by atomic mass is 10.0. The van der Waals surface area contributed by atoms with Gasteiger partial charge in [-0.05, 0) is 22.3 Å². The second-order valence-electron chi connectivity index (χ2n) is 5.38. The van der Waals surface area contributed by atoms with Crippen molar-refractivity contribution in [1.82, 2.24) is 9.80 Å². The highest BCUT2D eigenvalue weighted by Gasteiger charge is 2.28. The second kappa shape index (κ2) is 5.20. The molecule has 1 aromatic rings. The molecule has 0 bridgehead atoms. The summed E-state index contributed by atoms with van der Waals surface area (Å²) in [5, 5.41) is 0.374. The van der Waals surface area contributed by atoms with Crippen LogP contribution >= 0.6 is 15.9 Å². The fourth-order valence-electron chi connectivity index (χ4n) is 2.98. The van der Waals surface area contributed by atoms with Crippen molar-refractivity contribution in [3.8, 4) is 0 Å². The van der Waals surface area contributed by atoms with Gasteiger partial charge >= 0.3 is 0 Å². The summed E-state index contributed by atoms with van der Waals surface area (Å²) in [6.07, 6.45) is 0.557. The van der Waals surface area contributed by atoms with Gasteiger partial charge in [0.05, 0.1) is 5.33 Å². The van der Waals surface area contributed by atoms with Gasteiger partial charge in [-0.1, -0.05) is 35.0 Å². The molecule has 20 heavy (non-hydrogen) atoms. The zero-order valence-corrected chi connectivity index (χ0v) is 13.1. The van der Waals surface area contributed by atoms with E-state index in [0.29, 0.717) is 37.9 Å². The van der Waals surface area contributed by atoms with Crippen LogP contribution in [0.5, 0.6) is 0 Å². The molecule has 0 saturated carbocycles. The largest absolute Gasteiger partial charge is 0.334 e. The van der Waals surface area contributed by atoms with Crippen molar-refractivity contribution in [2.75, 3.05) is 5.33 Å². The van der Waals surface area contributed by atoms with Crippen LogP contribution in [0.3, 0.4) is 0 Å². The SMILES string of the molecule is CCC(=O)N1Cc2cc3c(cc2C1)CN(C(=O)CBr)C3. The summed E-state index contributed by atoms with van der Waals surface area (Å²) in [7, 11) is 0. The first-order valence-electron chi connectivity index (χ1n) is 6.87. The third-order valence-electron chi connectivity index (χ3n) is 4.09. The zero-order valence-electron chi connectivity index (χ0n) is 11.5. The zero-order chi connectivity index (χ0) is 14.3. The van der Waals surface area contributed by atoms with E-state index in [9.17, 15) is 9.59 Å². The molecule has 0 fully saturated rings. The van der Waals surface area contributed by atoms with Gasteiger partial charge in [0.2, 0.25) is 11.8 Å². The van der Waals surface area contributed by atoms with Crippen LogP contribution in [0.4, 0.5) is 0 Å². The monoisotopic (exact) mass is 336 g/mol. The van der Waals surface area contributed by atoms with E-state index in [1.807, 2.05) is 16.7 Å². The molecule has 2 aliphatic rings. The first kappa shape index (κ1) is 13.6. The van der Waals surface area contributed by atoms with E-state index < -0.39 is 0 Å². The molecule has 0 aromatic heterocycles. The van der Waals surface area contributed by atoms with Gasteiger partial charge in [-0.3, -0.25) is 9.59 Å². The maximum absolute atomic E-state index is 11.8. The van der Waals surface area contributed by atoms with E-state index in [0.717, 1.165) is 0 Å². The Morgan fingerprint density at radius 3 is 1.70 bits per heavy atom. The van der Waals surface area contributed by atoms with Crippen LogP contribution in [-0.2, 0) is 35.8 Å². The van der Waals surface area contributed by atoms with Crippen LogP contribution < -0.4 is 0 Å². The molecule has 0 saturated heterocycles. The molecule has 0 spiro atoms. The van der Waals surface area contributed by atoms with Crippen LogP contribution in [0.15, 0.2) is 12.1 Å². The molecule has 2 aliphatic heterocycles. The average molecular weight is 337 g/mol. The van der Waals surface area contributed by atoms with Crippen molar-refractivity contribution < 1.29 is 9.59 Å². The maximum atomic E-state index is 11.8. The Morgan fingerprint density at radius 2 is 1.35 bits per heavy atom. The van der Waals surface area contributed by atoms with Crippen LogP contribution in [0.2, 0.25) is 0 Å². The van der Waals surface area contributed by atoms with Crippen molar-refractivity contribution in [3.63, 3.8) is 0 Å². The predicted molar refractivity (Wildman–Crippen MR) is 79.0 cm³/mol. The lowest BCUT2D eigenvalue weighted by Gasteiger charge is -2.14. The summed E-state index contributed by atoms with van der Waals surface area (Å²) in [6, 6.07) is 4.35. The summed E-state index contributed by atoms with van der Waals surface area (Å²) in [6.45, 7) is 4.70. The minimum absolute atomic E-state index is 0.129. The summed E-state index contributed by atoms with van der Waals surface area (Å²) >= 11 is 3.22. The molecule has 5 heteroatoms. The maximum Gasteiger partial charge on any atom is 0.233 e. The quantitative estimate of drug-likeness (QED) is 0.776. The first-order chi connectivity index (χ1) is 9.62. The van der Waals surface area contributed by atoms with Crippen molar-refractivity contribution >= 4 is 27.7 Å². The number of carbonyl (C=O) groups excluding carboxylic acids is 2. The second-order valence-corrected chi connectivity index (χ2v) is 5.94. The Bertz CT molecular complexity index is 503. The van der Waals surface area contributed by atoms with Crippen LogP contribution in [0.1, 0.15) is 35.6 Å². The molecular formula is C15H17BrN2O2. The predicted octanol–water partition coefficient (Wildman–Crippen LogP) is 2.18. The molecule has 0 atom stereocenters. The third kappa shape index (κ3) is 2.24. The number of hydrogen-bond donors (Lipinski definition) is 0. The summed E-state index contributed by atoms with van der Waals surface area (Å²) in [4.78, 5) is 27.3. The number of alkyl halides is 1.